The van der Waals surface area contributed by atoms with Crippen LogP contribution >= 0.6 is 0 Å². The molecule has 1 aromatic heterocycles. The van der Waals surface area contributed by atoms with E-state index < -0.39 is 0 Å². The van der Waals surface area contributed by atoms with Crippen molar-refractivity contribution in [1.82, 2.24) is 4.90 Å². The Hall–Kier alpha value is -1.20. The van der Waals surface area contributed by atoms with Crippen LogP contribution in [0.15, 0.2) is 22.8 Å². The lowest BCUT2D eigenvalue weighted by Gasteiger charge is -2.19. The first-order valence-electron chi connectivity index (χ1n) is 5.60. The zero-order chi connectivity index (χ0) is 10.5. The number of terminal acetylenes is 1. The van der Waals surface area contributed by atoms with Gasteiger partial charge in [0.15, 0.2) is 0 Å². The van der Waals surface area contributed by atoms with E-state index in [0.29, 0.717) is 0 Å². The van der Waals surface area contributed by atoms with Crippen LogP contribution in [0.3, 0.4) is 0 Å². The lowest BCUT2D eigenvalue weighted by molar-refractivity contribution is 0.232. The molecule has 80 valence electrons. The molecule has 0 N–H and O–H groups in total. The highest BCUT2D eigenvalue weighted by Crippen LogP contribution is 2.28. The zero-order valence-electron chi connectivity index (χ0n) is 8.98. The van der Waals surface area contributed by atoms with Gasteiger partial charge in [0.2, 0.25) is 0 Å². The fourth-order valence-corrected chi connectivity index (χ4v) is 1.82. The number of rotatable bonds is 6. The van der Waals surface area contributed by atoms with Gasteiger partial charge in [-0.2, -0.15) is 0 Å². The van der Waals surface area contributed by atoms with Crippen LogP contribution in [-0.4, -0.2) is 17.5 Å². The van der Waals surface area contributed by atoms with Gasteiger partial charge in [-0.15, -0.1) is 12.3 Å². The average Bonchev–Trinajstić information content (AvgIpc) is 2.97. The van der Waals surface area contributed by atoms with E-state index in [1.807, 2.05) is 12.1 Å². The van der Waals surface area contributed by atoms with Crippen molar-refractivity contribution in [1.29, 1.82) is 0 Å². The summed E-state index contributed by atoms with van der Waals surface area (Å²) in [7, 11) is 0. The summed E-state index contributed by atoms with van der Waals surface area (Å²) in [4.78, 5) is 2.48. The molecule has 1 aromatic rings. The standard InChI is InChI=1S/C13H17NO/c1-2-3-4-9-14(12-7-8-12)11-13-6-5-10-15-13/h1,5-6,10,12H,3-4,7-9,11H2. The van der Waals surface area contributed by atoms with Gasteiger partial charge in [0.05, 0.1) is 12.8 Å². The Labute approximate surface area is 91.3 Å². The SMILES string of the molecule is C#CCCCN(Cc1ccco1)C1CC1. The van der Waals surface area contributed by atoms with Crippen LogP contribution in [-0.2, 0) is 6.54 Å². The van der Waals surface area contributed by atoms with Crippen LogP contribution in [0, 0.1) is 12.3 Å². The van der Waals surface area contributed by atoms with Gasteiger partial charge < -0.3 is 4.42 Å². The van der Waals surface area contributed by atoms with Gasteiger partial charge in [0.1, 0.15) is 5.76 Å². The summed E-state index contributed by atoms with van der Waals surface area (Å²) < 4.78 is 5.37. The van der Waals surface area contributed by atoms with Crippen molar-refractivity contribution in [2.45, 2.75) is 38.3 Å². The van der Waals surface area contributed by atoms with Crippen LogP contribution < -0.4 is 0 Å². The number of unbranched alkanes of at least 4 members (excludes halogenated alkanes) is 1. The summed E-state index contributed by atoms with van der Waals surface area (Å²) in [5.41, 5.74) is 0. The Morgan fingerprint density at radius 1 is 1.53 bits per heavy atom. The van der Waals surface area contributed by atoms with E-state index in [1.165, 1.54) is 12.8 Å². The molecule has 1 saturated carbocycles. The molecule has 1 aliphatic rings. The molecule has 1 aliphatic carbocycles. The van der Waals surface area contributed by atoms with Crippen molar-refractivity contribution in [3.8, 4) is 12.3 Å². The molecule has 2 nitrogen and oxygen atoms in total. The van der Waals surface area contributed by atoms with Crippen molar-refractivity contribution < 1.29 is 4.42 Å². The predicted octanol–water partition coefficient (Wildman–Crippen LogP) is 2.66. The maximum Gasteiger partial charge on any atom is 0.117 e. The Bertz CT molecular complexity index is 319. The molecule has 1 heterocycles. The fraction of sp³-hybridized carbons (Fsp3) is 0.538. The van der Waals surface area contributed by atoms with Gasteiger partial charge >= 0.3 is 0 Å². The van der Waals surface area contributed by atoms with Gasteiger partial charge in [0.25, 0.3) is 0 Å². The predicted molar refractivity (Wildman–Crippen MR) is 60.2 cm³/mol. The van der Waals surface area contributed by atoms with Crippen LogP contribution in [0.25, 0.3) is 0 Å². The number of nitrogens with zero attached hydrogens (tertiary/aromatic N) is 1. The van der Waals surface area contributed by atoms with E-state index in [4.69, 9.17) is 10.8 Å². The van der Waals surface area contributed by atoms with Gasteiger partial charge in [-0.3, -0.25) is 4.90 Å². The number of hydrogen-bond donors (Lipinski definition) is 0. The molecule has 0 saturated heterocycles. The Balaban J connectivity index is 1.81. The molecule has 0 bridgehead atoms. The molecule has 0 spiro atoms. The zero-order valence-corrected chi connectivity index (χ0v) is 8.98. The van der Waals surface area contributed by atoms with Gasteiger partial charge in [-0.25, -0.2) is 0 Å². The molecule has 0 atom stereocenters. The summed E-state index contributed by atoms with van der Waals surface area (Å²) in [6, 6.07) is 4.76. The third-order valence-corrected chi connectivity index (χ3v) is 2.77. The quantitative estimate of drug-likeness (QED) is 0.522. The van der Waals surface area contributed by atoms with Crippen molar-refractivity contribution in [2.75, 3.05) is 6.54 Å². The highest BCUT2D eigenvalue weighted by Gasteiger charge is 2.28. The van der Waals surface area contributed by atoms with E-state index in [-0.39, 0.29) is 0 Å². The normalized spacial score (nSPS) is 15.5. The van der Waals surface area contributed by atoms with E-state index in [0.717, 1.165) is 37.7 Å². The number of hydrogen-bond acceptors (Lipinski definition) is 2. The first-order valence-corrected chi connectivity index (χ1v) is 5.60. The van der Waals surface area contributed by atoms with Crippen molar-refractivity contribution in [3.63, 3.8) is 0 Å². The second kappa shape index (κ2) is 5.04. The molecule has 0 radical (unpaired) electrons. The third-order valence-electron chi connectivity index (χ3n) is 2.77. The van der Waals surface area contributed by atoms with Crippen molar-refractivity contribution in [3.05, 3.63) is 24.2 Å². The van der Waals surface area contributed by atoms with Gasteiger partial charge in [-0.05, 0) is 37.9 Å². The second-order valence-electron chi connectivity index (χ2n) is 4.09. The minimum absolute atomic E-state index is 0.771. The van der Waals surface area contributed by atoms with E-state index in [1.54, 1.807) is 6.26 Å². The van der Waals surface area contributed by atoms with Crippen molar-refractivity contribution >= 4 is 0 Å². The monoisotopic (exact) mass is 203 g/mol. The van der Waals surface area contributed by atoms with E-state index in [2.05, 4.69) is 10.8 Å². The summed E-state index contributed by atoms with van der Waals surface area (Å²) in [6.45, 7) is 2.03. The molecule has 2 rings (SSSR count). The molecular formula is C13H17NO. The maximum absolute atomic E-state index is 5.37. The van der Waals surface area contributed by atoms with Crippen LogP contribution in [0.1, 0.15) is 31.4 Å². The molecule has 0 aromatic carbocycles. The highest BCUT2D eigenvalue weighted by molar-refractivity contribution is 4.99. The molecule has 15 heavy (non-hydrogen) atoms. The average molecular weight is 203 g/mol. The largest absolute Gasteiger partial charge is 0.468 e. The molecule has 0 aliphatic heterocycles. The number of furan rings is 1. The van der Waals surface area contributed by atoms with Crippen molar-refractivity contribution in [2.24, 2.45) is 0 Å². The smallest absolute Gasteiger partial charge is 0.117 e. The first kappa shape index (κ1) is 10.3. The summed E-state index contributed by atoms with van der Waals surface area (Å²) in [5.74, 6) is 3.75. The second-order valence-corrected chi connectivity index (χ2v) is 4.09. The molecule has 2 heteroatoms. The van der Waals surface area contributed by atoms with E-state index >= 15 is 0 Å². The fourth-order valence-electron chi connectivity index (χ4n) is 1.82. The summed E-state index contributed by atoms with van der Waals surface area (Å²) in [5, 5.41) is 0. The lowest BCUT2D eigenvalue weighted by Crippen LogP contribution is -2.26. The van der Waals surface area contributed by atoms with Gasteiger partial charge in [0, 0.05) is 12.5 Å². The minimum atomic E-state index is 0.771. The minimum Gasteiger partial charge on any atom is -0.468 e. The Morgan fingerprint density at radius 2 is 2.40 bits per heavy atom. The van der Waals surface area contributed by atoms with E-state index in [9.17, 15) is 0 Å². The lowest BCUT2D eigenvalue weighted by atomic mass is 10.3. The molecule has 0 unspecified atom stereocenters. The highest BCUT2D eigenvalue weighted by atomic mass is 16.3. The maximum atomic E-state index is 5.37. The molecule has 0 amide bonds. The van der Waals surface area contributed by atoms with Crippen LogP contribution in [0.4, 0.5) is 0 Å². The molecule has 1 fully saturated rings. The topological polar surface area (TPSA) is 16.4 Å². The van der Waals surface area contributed by atoms with Crippen LogP contribution in [0.5, 0.6) is 0 Å². The third kappa shape index (κ3) is 3.14. The first-order chi connectivity index (χ1) is 7.40. The van der Waals surface area contributed by atoms with Crippen LogP contribution in [0.2, 0.25) is 0 Å². The Morgan fingerprint density at radius 3 is 3.00 bits per heavy atom. The summed E-state index contributed by atoms with van der Waals surface area (Å²) >= 11 is 0. The molecular weight excluding hydrogens is 186 g/mol. The van der Waals surface area contributed by atoms with Gasteiger partial charge in [-0.1, -0.05) is 0 Å². The summed E-state index contributed by atoms with van der Waals surface area (Å²) in [6.07, 6.45) is 11.6. The Kier molecular flexibility index (Phi) is 3.47.